The lowest BCUT2D eigenvalue weighted by atomic mass is 9.99. The lowest BCUT2D eigenvalue weighted by Gasteiger charge is -2.30. The van der Waals surface area contributed by atoms with Crippen molar-refractivity contribution < 1.29 is 10.2 Å². The Labute approximate surface area is 127 Å². The number of aromatic hydroxyl groups is 1. The topological polar surface area (TPSA) is 68.6 Å². The molecule has 1 aliphatic rings. The summed E-state index contributed by atoms with van der Waals surface area (Å²) in [5.74, 6) is 1.05. The molecule has 0 saturated carbocycles. The molecule has 0 bridgehead atoms. The molecule has 0 aromatic carbocycles. The monoisotopic (exact) mass is 293 g/mol. The molecular weight excluding hydrogens is 266 g/mol. The van der Waals surface area contributed by atoms with Crippen LogP contribution in [0.1, 0.15) is 36.6 Å². The first kappa shape index (κ1) is 16.2. The number of nitrogens with one attached hydrogen (secondary N) is 1. The standard InChI is InChI=1S/C16H27N3O2/c1-12-3-6-19(7-4-12)8-5-17-10-15-14(11-20)9-18-13(2)16(15)21/h9,12,17,20-21H,3-8,10-11H2,1-2H3. The van der Waals surface area contributed by atoms with E-state index in [4.69, 9.17) is 0 Å². The number of hydrogen-bond donors (Lipinski definition) is 3. The molecule has 0 atom stereocenters. The van der Waals surface area contributed by atoms with Gasteiger partial charge in [-0.15, -0.1) is 0 Å². The Bertz CT molecular complexity index is 457. The van der Waals surface area contributed by atoms with Gasteiger partial charge in [0.25, 0.3) is 0 Å². The van der Waals surface area contributed by atoms with Gasteiger partial charge in [0.2, 0.25) is 0 Å². The Kier molecular flexibility index (Phi) is 5.96. The summed E-state index contributed by atoms with van der Waals surface area (Å²) in [6.07, 6.45) is 4.22. The van der Waals surface area contributed by atoms with Crippen molar-refractivity contribution in [1.82, 2.24) is 15.2 Å². The van der Waals surface area contributed by atoms with Crippen molar-refractivity contribution in [2.45, 2.75) is 39.8 Å². The summed E-state index contributed by atoms with van der Waals surface area (Å²) in [5, 5.41) is 22.8. The number of likely N-dealkylation sites (tertiary alicyclic amines) is 1. The van der Waals surface area contributed by atoms with Crippen LogP contribution >= 0.6 is 0 Å². The highest BCUT2D eigenvalue weighted by Gasteiger charge is 2.15. The van der Waals surface area contributed by atoms with E-state index in [9.17, 15) is 10.2 Å². The Morgan fingerprint density at radius 3 is 2.76 bits per heavy atom. The van der Waals surface area contributed by atoms with Gasteiger partial charge in [-0.1, -0.05) is 6.92 Å². The van der Waals surface area contributed by atoms with Crippen LogP contribution in [-0.2, 0) is 13.2 Å². The minimum Gasteiger partial charge on any atom is -0.506 e. The van der Waals surface area contributed by atoms with Crippen LogP contribution in [0.3, 0.4) is 0 Å². The minimum absolute atomic E-state index is 0.0954. The first-order chi connectivity index (χ1) is 10.1. The number of pyridine rings is 1. The van der Waals surface area contributed by atoms with Gasteiger partial charge in [0.15, 0.2) is 0 Å². The average molecular weight is 293 g/mol. The molecule has 118 valence electrons. The maximum Gasteiger partial charge on any atom is 0.141 e. The fourth-order valence-corrected chi connectivity index (χ4v) is 2.75. The van der Waals surface area contributed by atoms with Crippen LogP contribution < -0.4 is 5.32 Å². The Morgan fingerprint density at radius 1 is 1.38 bits per heavy atom. The maximum atomic E-state index is 10.1. The van der Waals surface area contributed by atoms with Gasteiger partial charge in [-0.05, 0) is 38.8 Å². The number of aryl methyl sites for hydroxylation is 1. The molecule has 3 N–H and O–H groups in total. The van der Waals surface area contributed by atoms with Gasteiger partial charge >= 0.3 is 0 Å². The molecule has 0 radical (unpaired) electrons. The number of aromatic nitrogens is 1. The van der Waals surface area contributed by atoms with E-state index in [1.54, 1.807) is 13.1 Å². The van der Waals surface area contributed by atoms with Crippen molar-refractivity contribution >= 4 is 0 Å². The van der Waals surface area contributed by atoms with Gasteiger partial charge in [0.1, 0.15) is 5.75 Å². The van der Waals surface area contributed by atoms with Crippen LogP contribution in [0, 0.1) is 12.8 Å². The number of aliphatic hydroxyl groups is 1. The molecular formula is C16H27N3O2. The van der Waals surface area contributed by atoms with Gasteiger partial charge < -0.3 is 20.4 Å². The van der Waals surface area contributed by atoms with Gasteiger partial charge in [-0.3, -0.25) is 4.98 Å². The predicted molar refractivity (Wildman–Crippen MR) is 83.1 cm³/mol. The van der Waals surface area contributed by atoms with Crippen molar-refractivity contribution in [3.8, 4) is 5.75 Å². The summed E-state index contributed by atoms with van der Waals surface area (Å²) in [7, 11) is 0. The second-order valence-electron chi connectivity index (χ2n) is 6.06. The van der Waals surface area contributed by atoms with Crippen molar-refractivity contribution in [3.63, 3.8) is 0 Å². The summed E-state index contributed by atoms with van der Waals surface area (Å²) >= 11 is 0. The minimum atomic E-state index is -0.0954. The molecule has 2 rings (SSSR count). The van der Waals surface area contributed by atoms with E-state index in [-0.39, 0.29) is 12.4 Å². The third kappa shape index (κ3) is 4.40. The van der Waals surface area contributed by atoms with Crippen molar-refractivity contribution in [3.05, 3.63) is 23.0 Å². The zero-order valence-corrected chi connectivity index (χ0v) is 13.1. The normalized spacial score (nSPS) is 17.3. The maximum absolute atomic E-state index is 10.1. The molecule has 1 saturated heterocycles. The van der Waals surface area contributed by atoms with E-state index in [0.717, 1.165) is 24.6 Å². The van der Waals surface area contributed by atoms with Crippen LogP contribution in [0.5, 0.6) is 5.75 Å². The molecule has 5 heteroatoms. The van der Waals surface area contributed by atoms with Crippen LogP contribution in [0.25, 0.3) is 0 Å². The third-order valence-corrected chi connectivity index (χ3v) is 4.38. The Morgan fingerprint density at radius 2 is 2.10 bits per heavy atom. The highest BCUT2D eigenvalue weighted by atomic mass is 16.3. The number of nitrogens with zero attached hydrogens (tertiary/aromatic N) is 2. The summed E-state index contributed by atoms with van der Waals surface area (Å²) in [6.45, 7) is 8.85. The third-order valence-electron chi connectivity index (χ3n) is 4.38. The number of aliphatic hydroxyl groups excluding tert-OH is 1. The smallest absolute Gasteiger partial charge is 0.141 e. The number of rotatable bonds is 6. The lowest BCUT2D eigenvalue weighted by Crippen LogP contribution is -2.37. The van der Waals surface area contributed by atoms with Crippen molar-refractivity contribution in [1.29, 1.82) is 0 Å². The molecule has 1 aromatic heterocycles. The molecule has 0 amide bonds. The first-order valence-electron chi connectivity index (χ1n) is 7.82. The fraction of sp³-hybridized carbons (Fsp3) is 0.688. The van der Waals surface area contributed by atoms with Crippen LogP contribution in [-0.4, -0.2) is 46.3 Å². The molecule has 1 fully saturated rings. The highest BCUT2D eigenvalue weighted by Crippen LogP contribution is 2.23. The molecule has 0 unspecified atom stereocenters. The average Bonchev–Trinajstić information content (AvgIpc) is 2.49. The van der Waals surface area contributed by atoms with Gasteiger partial charge in [0.05, 0.1) is 12.3 Å². The number of piperidine rings is 1. The molecule has 1 aliphatic heterocycles. The van der Waals surface area contributed by atoms with E-state index < -0.39 is 0 Å². The van der Waals surface area contributed by atoms with Gasteiger partial charge in [0, 0.05) is 37.0 Å². The molecule has 0 spiro atoms. The van der Waals surface area contributed by atoms with Crippen molar-refractivity contribution in [2.24, 2.45) is 5.92 Å². The second-order valence-corrected chi connectivity index (χ2v) is 6.06. The quantitative estimate of drug-likeness (QED) is 0.692. The SMILES string of the molecule is Cc1ncc(CO)c(CNCCN2CCC(C)CC2)c1O. The van der Waals surface area contributed by atoms with Crippen molar-refractivity contribution in [2.75, 3.05) is 26.2 Å². The Balaban J connectivity index is 1.79. The summed E-state index contributed by atoms with van der Waals surface area (Å²) in [6, 6.07) is 0. The first-order valence-corrected chi connectivity index (χ1v) is 7.82. The lowest BCUT2D eigenvalue weighted by molar-refractivity contribution is 0.193. The van der Waals surface area contributed by atoms with Crippen LogP contribution in [0.15, 0.2) is 6.20 Å². The zero-order valence-electron chi connectivity index (χ0n) is 13.1. The van der Waals surface area contributed by atoms with Gasteiger partial charge in [-0.2, -0.15) is 0 Å². The number of hydrogen-bond acceptors (Lipinski definition) is 5. The molecule has 21 heavy (non-hydrogen) atoms. The largest absolute Gasteiger partial charge is 0.506 e. The molecule has 0 aliphatic carbocycles. The fourth-order valence-electron chi connectivity index (χ4n) is 2.75. The Hall–Kier alpha value is -1.17. The van der Waals surface area contributed by atoms with Crippen LogP contribution in [0.4, 0.5) is 0 Å². The van der Waals surface area contributed by atoms with E-state index in [1.165, 1.54) is 25.9 Å². The molecule has 2 heterocycles. The predicted octanol–water partition coefficient (Wildman–Crippen LogP) is 1.41. The molecule has 1 aromatic rings. The van der Waals surface area contributed by atoms with E-state index in [0.29, 0.717) is 17.8 Å². The van der Waals surface area contributed by atoms with Crippen LogP contribution in [0.2, 0.25) is 0 Å². The van der Waals surface area contributed by atoms with E-state index >= 15 is 0 Å². The van der Waals surface area contributed by atoms with E-state index in [1.807, 2.05) is 0 Å². The highest BCUT2D eigenvalue weighted by molar-refractivity contribution is 5.40. The molecule has 5 nitrogen and oxygen atoms in total. The summed E-state index contributed by atoms with van der Waals surface area (Å²) in [4.78, 5) is 6.56. The van der Waals surface area contributed by atoms with Gasteiger partial charge in [-0.25, -0.2) is 0 Å². The second kappa shape index (κ2) is 7.73. The summed E-state index contributed by atoms with van der Waals surface area (Å²) in [5.41, 5.74) is 2.06. The zero-order chi connectivity index (χ0) is 15.2. The summed E-state index contributed by atoms with van der Waals surface area (Å²) < 4.78 is 0. The van der Waals surface area contributed by atoms with E-state index in [2.05, 4.69) is 22.1 Å².